The van der Waals surface area contributed by atoms with Gasteiger partial charge >= 0.3 is 0 Å². The Morgan fingerprint density at radius 3 is 2.53 bits per heavy atom. The Morgan fingerprint density at radius 1 is 1.16 bits per heavy atom. The van der Waals surface area contributed by atoms with Crippen molar-refractivity contribution in [1.29, 1.82) is 0 Å². The smallest absolute Gasteiger partial charge is 0.143 e. The molecule has 0 bridgehead atoms. The van der Waals surface area contributed by atoms with Gasteiger partial charge in [-0.25, -0.2) is 8.78 Å². The highest BCUT2D eigenvalue weighted by atomic mass is 79.9. The van der Waals surface area contributed by atoms with Crippen LogP contribution in [0.25, 0.3) is 0 Å². The molecule has 2 aromatic carbocycles. The molecule has 0 aliphatic heterocycles. The summed E-state index contributed by atoms with van der Waals surface area (Å²) >= 11 is 8.93. The SMILES string of the molecule is OC(Cc1c(F)ccc(Br)c1F)c1ccccc1Cl. The van der Waals surface area contributed by atoms with Crippen LogP contribution in [0.2, 0.25) is 5.02 Å². The van der Waals surface area contributed by atoms with Crippen LogP contribution in [0.4, 0.5) is 8.78 Å². The van der Waals surface area contributed by atoms with Crippen LogP contribution in [0, 0.1) is 11.6 Å². The fraction of sp³-hybridized carbons (Fsp3) is 0.143. The van der Waals surface area contributed by atoms with E-state index in [0.717, 1.165) is 6.07 Å². The molecule has 1 atom stereocenters. The van der Waals surface area contributed by atoms with Gasteiger partial charge in [-0.3, -0.25) is 0 Å². The van der Waals surface area contributed by atoms with Crippen LogP contribution < -0.4 is 0 Å². The Hall–Kier alpha value is -0.970. The van der Waals surface area contributed by atoms with Crippen LogP contribution in [-0.2, 0) is 6.42 Å². The van der Waals surface area contributed by atoms with Gasteiger partial charge in [-0.2, -0.15) is 0 Å². The summed E-state index contributed by atoms with van der Waals surface area (Å²) in [6.07, 6.45) is -1.24. The Labute approximate surface area is 123 Å². The first-order valence-corrected chi connectivity index (χ1v) is 6.72. The van der Waals surface area contributed by atoms with Crippen molar-refractivity contribution in [2.75, 3.05) is 0 Å². The highest BCUT2D eigenvalue weighted by Gasteiger charge is 2.18. The minimum atomic E-state index is -1.06. The molecule has 0 aliphatic carbocycles. The molecule has 0 spiro atoms. The normalized spacial score (nSPS) is 12.5. The molecule has 0 amide bonds. The largest absolute Gasteiger partial charge is 0.388 e. The van der Waals surface area contributed by atoms with Crippen molar-refractivity contribution in [3.05, 3.63) is 68.7 Å². The number of benzene rings is 2. The lowest BCUT2D eigenvalue weighted by atomic mass is 10.0. The molecule has 2 rings (SSSR count). The van der Waals surface area contributed by atoms with Crippen LogP contribution in [0.3, 0.4) is 0 Å². The van der Waals surface area contributed by atoms with E-state index in [1.165, 1.54) is 6.07 Å². The second-order valence-corrected chi connectivity index (χ2v) is 5.32. The van der Waals surface area contributed by atoms with Crippen molar-refractivity contribution in [2.45, 2.75) is 12.5 Å². The highest BCUT2D eigenvalue weighted by Crippen LogP contribution is 2.29. The lowest BCUT2D eigenvalue weighted by Gasteiger charge is -2.14. The van der Waals surface area contributed by atoms with Crippen molar-refractivity contribution < 1.29 is 13.9 Å². The Kier molecular flexibility index (Phi) is 4.55. The van der Waals surface area contributed by atoms with Gasteiger partial charge in [-0.1, -0.05) is 29.8 Å². The van der Waals surface area contributed by atoms with Crippen molar-refractivity contribution in [1.82, 2.24) is 0 Å². The maximum Gasteiger partial charge on any atom is 0.143 e. The average Bonchev–Trinajstić information content (AvgIpc) is 2.39. The summed E-state index contributed by atoms with van der Waals surface area (Å²) in [5.41, 5.74) is 0.282. The van der Waals surface area contributed by atoms with Gasteiger partial charge in [0.05, 0.1) is 10.6 Å². The monoisotopic (exact) mass is 346 g/mol. The highest BCUT2D eigenvalue weighted by molar-refractivity contribution is 9.10. The third kappa shape index (κ3) is 3.14. The molecule has 1 N–H and O–H groups in total. The van der Waals surface area contributed by atoms with Crippen LogP contribution in [0.1, 0.15) is 17.2 Å². The van der Waals surface area contributed by atoms with E-state index in [0.29, 0.717) is 10.6 Å². The van der Waals surface area contributed by atoms with Crippen LogP contribution in [-0.4, -0.2) is 5.11 Å². The number of rotatable bonds is 3. The molecule has 0 heterocycles. The molecule has 2 aromatic rings. The molecule has 0 saturated carbocycles. The molecule has 0 radical (unpaired) electrons. The van der Waals surface area contributed by atoms with Crippen molar-refractivity contribution >= 4 is 27.5 Å². The summed E-state index contributed by atoms with van der Waals surface area (Å²) < 4.78 is 27.6. The molecule has 0 saturated heterocycles. The molecule has 0 aromatic heterocycles. The van der Waals surface area contributed by atoms with Gasteiger partial charge in [-0.05, 0) is 39.7 Å². The fourth-order valence-electron chi connectivity index (χ4n) is 1.80. The maximum absolute atomic E-state index is 13.8. The van der Waals surface area contributed by atoms with E-state index >= 15 is 0 Å². The van der Waals surface area contributed by atoms with Gasteiger partial charge in [0.2, 0.25) is 0 Å². The summed E-state index contributed by atoms with van der Waals surface area (Å²) in [4.78, 5) is 0. The molecule has 5 heteroatoms. The van der Waals surface area contributed by atoms with Gasteiger partial charge < -0.3 is 5.11 Å². The molecule has 0 fully saturated rings. The Balaban J connectivity index is 2.32. The number of hydrogen-bond donors (Lipinski definition) is 1. The summed E-state index contributed by atoms with van der Waals surface area (Å²) in [7, 11) is 0. The Bertz CT molecular complexity index is 604. The zero-order valence-electron chi connectivity index (χ0n) is 9.71. The van der Waals surface area contributed by atoms with Crippen molar-refractivity contribution in [3.8, 4) is 0 Å². The van der Waals surface area contributed by atoms with E-state index in [4.69, 9.17) is 11.6 Å². The first kappa shape index (κ1) is 14.4. The molecule has 1 nitrogen and oxygen atoms in total. The predicted octanol–water partition coefficient (Wildman–Crippen LogP) is 4.66. The number of halogens is 4. The molecule has 19 heavy (non-hydrogen) atoms. The molecular formula is C14H10BrClF2O. The van der Waals surface area contributed by atoms with Crippen molar-refractivity contribution in [2.24, 2.45) is 0 Å². The second-order valence-electron chi connectivity index (χ2n) is 4.06. The van der Waals surface area contributed by atoms with E-state index in [1.54, 1.807) is 24.3 Å². The number of hydrogen-bond acceptors (Lipinski definition) is 1. The number of aliphatic hydroxyl groups is 1. The zero-order valence-corrected chi connectivity index (χ0v) is 12.0. The lowest BCUT2D eigenvalue weighted by molar-refractivity contribution is 0.175. The predicted molar refractivity (Wildman–Crippen MR) is 74.2 cm³/mol. The van der Waals surface area contributed by atoms with E-state index in [9.17, 15) is 13.9 Å². The zero-order chi connectivity index (χ0) is 14.0. The first-order valence-electron chi connectivity index (χ1n) is 5.55. The van der Waals surface area contributed by atoms with Gasteiger partial charge in [0.15, 0.2) is 0 Å². The fourth-order valence-corrected chi connectivity index (χ4v) is 2.44. The quantitative estimate of drug-likeness (QED) is 0.801. The molecular weight excluding hydrogens is 338 g/mol. The van der Waals surface area contributed by atoms with Gasteiger partial charge in [0.25, 0.3) is 0 Å². The van der Waals surface area contributed by atoms with Crippen molar-refractivity contribution in [3.63, 3.8) is 0 Å². The summed E-state index contributed by atoms with van der Waals surface area (Å²) in [5.74, 6) is -1.39. The average molecular weight is 348 g/mol. The minimum Gasteiger partial charge on any atom is -0.388 e. The van der Waals surface area contributed by atoms with Crippen LogP contribution in [0.5, 0.6) is 0 Å². The summed E-state index contributed by atoms with van der Waals surface area (Å²) in [5, 5.41) is 10.4. The third-order valence-electron chi connectivity index (χ3n) is 2.80. The van der Waals surface area contributed by atoms with E-state index in [-0.39, 0.29) is 16.5 Å². The van der Waals surface area contributed by atoms with E-state index in [2.05, 4.69) is 15.9 Å². The molecule has 0 aliphatic rings. The first-order chi connectivity index (χ1) is 9.00. The van der Waals surface area contributed by atoms with E-state index < -0.39 is 17.7 Å². The third-order valence-corrected chi connectivity index (χ3v) is 3.76. The second kappa shape index (κ2) is 5.99. The van der Waals surface area contributed by atoms with Gasteiger partial charge in [0.1, 0.15) is 11.6 Å². The minimum absolute atomic E-state index is 0.162. The molecule has 100 valence electrons. The maximum atomic E-state index is 13.8. The lowest BCUT2D eigenvalue weighted by Crippen LogP contribution is -2.06. The van der Waals surface area contributed by atoms with Gasteiger partial charge in [0, 0.05) is 17.0 Å². The number of aliphatic hydroxyl groups excluding tert-OH is 1. The summed E-state index contributed by atoms with van der Waals surface area (Å²) in [6.45, 7) is 0. The Morgan fingerprint density at radius 2 is 1.84 bits per heavy atom. The van der Waals surface area contributed by atoms with E-state index in [1.807, 2.05) is 0 Å². The standard InChI is InChI=1S/C14H10BrClF2O/c15-10-5-6-12(17)9(14(10)18)7-13(19)8-3-1-2-4-11(8)16/h1-6,13,19H,7H2. The van der Waals surface area contributed by atoms with Crippen LogP contribution in [0.15, 0.2) is 40.9 Å². The summed E-state index contributed by atoms with van der Waals surface area (Å²) in [6, 6.07) is 9.11. The topological polar surface area (TPSA) is 20.2 Å². The molecule has 1 unspecified atom stereocenters. The van der Waals surface area contributed by atoms with Gasteiger partial charge in [-0.15, -0.1) is 0 Å². The van der Waals surface area contributed by atoms with Crippen LogP contribution >= 0.6 is 27.5 Å².